The molecule has 1 aromatic carbocycles. The number of aromatic nitrogens is 2. The Kier molecular flexibility index (Phi) is 4.83. The van der Waals surface area contributed by atoms with Crippen LogP contribution in [0.3, 0.4) is 0 Å². The zero-order valence-corrected chi connectivity index (χ0v) is 13.8. The Bertz CT molecular complexity index is 1050. The van der Waals surface area contributed by atoms with Crippen LogP contribution in [0.15, 0.2) is 55.2 Å². The maximum atomic E-state index is 12.2. The lowest BCUT2D eigenvalue weighted by Gasteiger charge is -2.11. The maximum absolute atomic E-state index is 12.2. The number of nitrogens with zero attached hydrogens (tertiary/aromatic N) is 1. The molecule has 0 spiro atoms. The van der Waals surface area contributed by atoms with Crippen molar-refractivity contribution in [1.82, 2.24) is 9.71 Å². The normalized spacial score (nSPS) is 10.9. The van der Waals surface area contributed by atoms with Gasteiger partial charge in [0.2, 0.25) is 0 Å². The third-order valence-electron chi connectivity index (χ3n) is 3.84. The molecule has 3 aromatic rings. The van der Waals surface area contributed by atoms with E-state index in [-0.39, 0.29) is 17.7 Å². The van der Waals surface area contributed by atoms with Gasteiger partial charge >= 0.3 is 11.3 Å². The Morgan fingerprint density at radius 1 is 1.16 bits per heavy atom. The molecule has 0 aliphatic carbocycles. The number of hydrogen-bond acceptors (Lipinski definition) is 5. The quantitative estimate of drug-likeness (QED) is 0.734. The van der Waals surface area contributed by atoms with Gasteiger partial charge in [-0.15, -0.1) is 0 Å². The van der Waals surface area contributed by atoms with Crippen LogP contribution >= 0.6 is 0 Å². The van der Waals surface area contributed by atoms with Crippen LogP contribution in [0.5, 0.6) is 0 Å². The SMILES string of the molecule is CCCCc1cc(=O)oc2c1c(=O)[nH]c(=O)n2OCc1ccccc1. The smallest absolute Gasteiger partial charge is 0.364 e. The first-order valence-corrected chi connectivity index (χ1v) is 8.09. The van der Waals surface area contributed by atoms with Crippen molar-refractivity contribution >= 4 is 11.1 Å². The number of nitrogens with one attached hydrogen (secondary N) is 1. The number of rotatable bonds is 6. The summed E-state index contributed by atoms with van der Waals surface area (Å²) in [6, 6.07) is 10.5. The molecule has 0 atom stereocenters. The first-order chi connectivity index (χ1) is 12.1. The highest BCUT2D eigenvalue weighted by molar-refractivity contribution is 5.75. The van der Waals surface area contributed by atoms with Crippen molar-refractivity contribution in [1.29, 1.82) is 0 Å². The lowest BCUT2D eigenvalue weighted by Crippen LogP contribution is -2.35. The Morgan fingerprint density at radius 3 is 2.64 bits per heavy atom. The minimum absolute atomic E-state index is 0.0881. The van der Waals surface area contributed by atoms with Crippen molar-refractivity contribution in [3.63, 3.8) is 0 Å². The van der Waals surface area contributed by atoms with E-state index in [0.717, 1.165) is 23.1 Å². The van der Waals surface area contributed by atoms with Gasteiger partial charge < -0.3 is 9.25 Å². The molecule has 7 heteroatoms. The predicted molar refractivity (Wildman–Crippen MR) is 92.7 cm³/mol. The summed E-state index contributed by atoms with van der Waals surface area (Å²) in [6.45, 7) is 2.10. The van der Waals surface area contributed by atoms with Gasteiger partial charge in [0.15, 0.2) is 0 Å². The van der Waals surface area contributed by atoms with Gasteiger partial charge in [0, 0.05) is 6.07 Å². The van der Waals surface area contributed by atoms with Crippen LogP contribution in [0.2, 0.25) is 0 Å². The van der Waals surface area contributed by atoms with E-state index in [4.69, 9.17) is 9.25 Å². The third-order valence-corrected chi connectivity index (χ3v) is 3.84. The van der Waals surface area contributed by atoms with Crippen LogP contribution in [0.1, 0.15) is 30.9 Å². The number of fused-ring (bicyclic) bond motifs is 1. The Balaban J connectivity index is 2.11. The fourth-order valence-electron chi connectivity index (χ4n) is 2.61. The number of unbranched alkanes of at least 4 members (excludes halogenated alkanes) is 1. The summed E-state index contributed by atoms with van der Waals surface area (Å²) in [6.07, 6.45) is 2.25. The molecule has 0 fully saturated rings. The van der Waals surface area contributed by atoms with E-state index in [1.165, 1.54) is 6.07 Å². The molecule has 0 unspecified atom stereocenters. The van der Waals surface area contributed by atoms with Gasteiger partial charge in [-0.2, -0.15) is 0 Å². The summed E-state index contributed by atoms with van der Waals surface area (Å²) in [5, 5.41) is 0.167. The number of aryl methyl sites for hydroxylation is 1. The van der Waals surface area contributed by atoms with Crippen molar-refractivity contribution < 1.29 is 9.25 Å². The Labute approximate surface area is 142 Å². The summed E-state index contributed by atoms with van der Waals surface area (Å²) in [7, 11) is 0. The molecule has 2 heterocycles. The zero-order chi connectivity index (χ0) is 17.8. The van der Waals surface area contributed by atoms with Crippen LogP contribution in [0.4, 0.5) is 0 Å². The van der Waals surface area contributed by atoms with Gasteiger partial charge in [-0.25, -0.2) is 9.59 Å². The van der Waals surface area contributed by atoms with E-state index in [9.17, 15) is 14.4 Å². The summed E-state index contributed by atoms with van der Waals surface area (Å²) in [4.78, 5) is 44.0. The molecule has 0 radical (unpaired) electrons. The van der Waals surface area contributed by atoms with Gasteiger partial charge in [0.1, 0.15) is 12.0 Å². The van der Waals surface area contributed by atoms with Gasteiger partial charge in [-0.3, -0.25) is 9.78 Å². The number of aromatic amines is 1. The number of H-pyrrole nitrogens is 1. The molecular formula is C18H18N2O5. The van der Waals surface area contributed by atoms with E-state index < -0.39 is 16.9 Å². The minimum atomic E-state index is -0.788. The van der Waals surface area contributed by atoms with E-state index in [1.807, 2.05) is 37.3 Å². The van der Waals surface area contributed by atoms with Crippen LogP contribution in [0.25, 0.3) is 11.1 Å². The van der Waals surface area contributed by atoms with E-state index >= 15 is 0 Å². The lowest BCUT2D eigenvalue weighted by molar-refractivity contribution is 0.0878. The maximum Gasteiger partial charge on any atom is 0.364 e. The van der Waals surface area contributed by atoms with Crippen LogP contribution in [-0.2, 0) is 13.0 Å². The second-order valence-corrected chi connectivity index (χ2v) is 5.69. The van der Waals surface area contributed by atoms with Crippen LogP contribution in [-0.4, -0.2) is 9.71 Å². The molecule has 25 heavy (non-hydrogen) atoms. The van der Waals surface area contributed by atoms with E-state index in [2.05, 4.69) is 4.98 Å². The highest BCUT2D eigenvalue weighted by Gasteiger charge is 2.16. The average Bonchev–Trinajstić information content (AvgIpc) is 2.59. The average molecular weight is 342 g/mol. The van der Waals surface area contributed by atoms with Crippen molar-refractivity contribution in [3.8, 4) is 0 Å². The zero-order valence-electron chi connectivity index (χ0n) is 13.8. The lowest BCUT2D eigenvalue weighted by atomic mass is 10.1. The molecule has 1 N–H and O–H groups in total. The topological polar surface area (TPSA) is 94.3 Å². The summed E-state index contributed by atoms with van der Waals surface area (Å²) in [5.74, 6) is 0. The Hall–Kier alpha value is -3.09. The molecule has 0 saturated heterocycles. The molecule has 3 rings (SSSR count). The molecule has 130 valence electrons. The number of benzene rings is 1. The fourth-order valence-corrected chi connectivity index (χ4v) is 2.61. The van der Waals surface area contributed by atoms with Crippen LogP contribution in [0, 0.1) is 0 Å². The standard InChI is InChI=1S/C18H18N2O5/c1-2-3-9-13-10-14(21)25-17-15(13)16(22)19-18(23)20(17)24-11-12-7-5-4-6-8-12/h4-8,10H,2-3,9,11H2,1H3,(H,19,22,23). The summed E-state index contributed by atoms with van der Waals surface area (Å²) < 4.78 is 5.96. The highest BCUT2D eigenvalue weighted by atomic mass is 16.7. The second-order valence-electron chi connectivity index (χ2n) is 5.69. The molecule has 2 aromatic heterocycles. The van der Waals surface area contributed by atoms with E-state index in [1.54, 1.807) is 0 Å². The molecule has 7 nitrogen and oxygen atoms in total. The van der Waals surface area contributed by atoms with Crippen molar-refractivity contribution in [2.45, 2.75) is 32.8 Å². The largest absolute Gasteiger partial charge is 0.402 e. The minimum Gasteiger partial charge on any atom is -0.402 e. The molecule has 0 bridgehead atoms. The van der Waals surface area contributed by atoms with Crippen molar-refractivity contribution in [3.05, 3.63) is 78.8 Å². The monoisotopic (exact) mass is 342 g/mol. The van der Waals surface area contributed by atoms with Crippen molar-refractivity contribution in [2.24, 2.45) is 0 Å². The van der Waals surface area contributed by atoms with E-state index in [0.29, 0.717) is 12.0 Å². The van der Waals surface area contributed by atoms with Gasteiger partial charge in [-0.05, 0) is 24.0 Å². The number of hydrogen-bond donors (Lipinski definition) is 1. The van der Waals surface area contributed by atoms with Gasteiger partial charge in [0.25, 0.3) is 11.3 Å². The van der Waals surface area contributed by atoms with Gasteiger partial charge in [-0.1, -0.05) is 48.4 Å². The fraction of sp³-hybridized carbons (Fsp3) is 0.278. The predicted octanol–water partition coefficient (Wildman–Crippen LogP) is 1.61. The van der Waals surface area contributed by atoms with Crippen molar-refractivity contribution in [2.75, 3.05) is 0 Å². The molecule has 0 aliphatic rings. The first-order valence-electron chi connectivity index (χ1n) is 8.09. The van der Waals surface area contributed by atoms with Crippen LogP contribution < -0.4 is 21.7 Å². The first kappa shape index (κ1) is 16.8. The summed E-state index contributed by atoms with van der Waals surface area (Å²) >= 11 is 0. The summed E-state index contributed by atoms with van der Waals surface area (Å²) in [5.41, 5.74) is -0.785. The Morgan fingerprint density at radius 2 is 1.92 bits per heavy atom. The molecule has 0 saturated carbocycles. The second kappa shape index (κ2) is 7.21. The third kappa shape index (κ3) is 3.55. The molecular weight excluding hydrogens is 324 g/mol. The molecule has 0 amide bonds. The molecule has 0 aliphatic heterocycles. The van der Waals surface area contributed by atoms with Gasteiger partial charge in [0.05, 0.1) is 0 Å². The highest BCUT2D eigenvalue weighted by Crippen LogP contribution is 2.13.